The number of hydrogen-bond donors (Lipinski definition) is 2. The molecule has 0 aliphatic heterocycles. The van der Waals surface area contributed by atoms with Crippen LogP contribution < -0.4 is 5.32 Å². The van der Waals surface area contributed by atoms with Gasteiger partial charge >= 0.3 is 0 Å². The van der Waals surface area contributed by atoms with Gasteiger partial charge < -0.3 is 10.4 Å². The molecule has 21 heavy (non-hydrogen) atoms. The lowest BCUT2D eigenvalue weighted by atomic mass is 10.4. The molecule has 0 aliphatic carbocycles. The third-order valence-corrected chi connectivity index (χ3v) is 3.10. The predicted molar refractivity (Wildman–Crippen MR) is 75.3 cm³/mol. The first kappa shape index (κ1) is 13.7. The molecule has 0 radical (unpaired) electrons. The fraction of sp³-hybridized carbons (Fsp3) is 0.385. The molecular weight excluding hydrogens is 270 g/mol. The van der Waals surface area contributed by atoms with Crippen LogP contribution in [0.4, 0.5) is 0 Å². The van der Waals surface area contributed by atoms with E-state index in [0.29, 0.717) is 26.1 Å². The van der Waals surface area contributed by atoms with Crippen molar-refractivity contribution in [2.75, 3.05) is 6.61 Å². The number of pyridine rings is 1. The van der Waals surface area contributed by atoms with Crippen LogP contribution in [0.25, 0.3) is 5.65 Å². The number of aliphatic hydroxyl groups is 1. The molecule has 0 spiro atoms. The summed E-state index contributed by atoms with van der Waals surface area (Å²) in [4.78, 5) is 0. The fourth-order valence-corrected chi connectivity index (χ4v) is 2.08. The quantitative estimate of drug-likeness (QED) is 0.635. The molecular formula is C13H17N7O. The number of nitrogens with one attached hydrogen (secondary N) is 1. The van der Waals surface area contributed by atoms with E-state index in [9.17, 15) is 0 Å². The van der Waals surface area contributed by atoms with Crippen molar-refractivity contribution in [3.63, 3.8) is 0 Å². The van der Waals surface area contributed by atoms with Gasteiger partial charge in [-0.15, -0.1) is 15.3 Å². The van der Waals surface area contributed by atoms with E-state index in [1.54, 1.807) is 4.68 Å². The molecule has 3 aromatic heterocycles. The minimum absolute atomic E-state index is 0.160. The molecule has 0 saturated heterocycles. The third kappa shape index (κ3) is 3.23. The highest BCUT2D eigenvalue weighted by Crippen LogP contribution is 2.02. The molecule has 3 aromatic rings. The van der Waals surface area contributed by atoms with E-state index in [1.807, 2.05) is 35.0 Å². The summed E-state index contributed by atoms with van der Waals surface area (Å²) in [5.74, 6) is 0.860. The molecule has 0 fully saturated rings. The van der Waals surface area contributed by atoms with Gasteiger partial charge in [-0.2, -0.15) is 0 Å². The first-order valence-corrected chi connectivity index (χ1v) is 6.86. The summed E-state index contributed by atoms with van der Waals surface area (Å²) in [6.45, 7) is 2.06. The van der Waals surface area contributed by atoms with Gasteiger partial charge in [0.1, 0.15) is 0 Å². The molecule has 2 N–H and O–H groups in total. The van der Waals surface area contributed by atoms with Crippen LogP contribution >= 0.6 is 0 Å². The van der Waals surface area contributed by atoms with E-state index in [-0.39, 0.29) is 6.61 Å². The van der Waals surface area contributed by atoms with Gasteiger partial charge in [0.25, 0.3) is 0 Å². The Kier molecular flexibility index (Phi) is 4.17. The highest BCUT2D eigenvalue weighted by molar-refractivity contribution is 5.36. The van der Waals surface area contributed by atoms with Gasteiger partial charge in [-0.25, -0.2) is 0 Å². The number of nitrogens with zero attached hydrogens (tertiary/aromatic N) is 6. The normalized spacial score (nSPS) is 11.3. The predicted octanol–water partition coefficient (Wildman–Crippen LogP) is -0.00700. The lowest BCUT2D eigenvalue weighted by Gasteiger charge is -2.01. The first-order chi connectivity index (χ1) is 10.4. The molecule has 8 nitrogen and oxygen atoms in total. The van der Waals surface area contributed by atoms with E-state index in [0.717, 1.165) is 17.2 Å². The van der Waals surface area contributed by atoms with Crippen LogP contribution in [0.1, 0.15) is 17.9 Å². The largest absolute Gasteiger partial charge is 0.396 e. The Morgan fingerprint density at radius 1 is 1.14 bits per heavy atom. The molecule has 0 atom stereocenters. The van der Waals surface area contributed by atoms with Gasteiger partial charge in [0.2, 0.25) is 0 Å². The van der Waals surface area contributed by atoms with E-state index in [1.165, 1.54) is 0 Å². The maximum absolute atomic E-state index is 8.78. The van der Waals surface area contributed by atoms with E-state index in [4.69, 9.17) is 5.11 Å². The van der Waals surface area contributed by atoms with Gasteiger partial charge in [-0.1, -0.05) is 11.3 Å². The van der Waals surface area contributed by atoms with Crippen molar-refractivity contribution in [1.82, 2.24) is 34.9 Å². The second-order valence-corrected chi connectivity index (χ2v) is 4.70. The second-order valence-electron chi connectivity index (χ2n) is 4.70. The van der Waals surface area contributed by atoms with E-state index < -0.39 is 0 Å². The monoisotopic (exact) mass is 287 g/mol. The summed E-state index contributed by atoms with van der Waals surface area (Å²) >= 11 is 0. The number of aryl methyl sites for hydroxylation is 1. The van der Waals surface area contributed by atoms with E-state index >= 15 is 0 Å². The van der Waals surface area contributed by atoms with Crippen LogP contribution in [-0.4, -0.2) is 41.3 Å². The molecule has 0 unspecified atom stereocenters. The summed E-state index contributed by atoms with van der Waals surface area (Å²) < 4.78 is 3.69. The van der Waals surface area contributed by atoms with Crippen LogP contribution in [-0.2, 0) is 19.6 Å². The average Bonchev–Trinajstić information content (AvgIpc) is 3.13. The molecule has 0 aromatic carbocycles. The Hall–Kier alpha value is -2.32. The van der Waals surface area contributed by atoms with Crippen molar-refractivity contribution in [3.05, 3.63) is 42.1 Å². The van der Waals surface area contributed by atoms with Crippen LogP contribution in [0.5, 0.6) is 0 Å². The van der Waals surface area contributed by atoms with Crippen molar-refractivity contribution in [2.24, 2.45) is 0 Å². The van der Waals surface area contributed by atoms with Gasteiger partial charge in [-0.3, -0.25) is 9.08 Å². The summed E-state index contributed by atoms with van der Waals surface area (Å²) in [6, 6.07) is 5.81. The number of hydrogen-bond acceptors (Lipinski definition) is 6. The first-order valence-electron chi connectivity index (χ1n) is 6.86. The van der Waals surface area contributed by atoms with Gasteiger partial charge in [0, 0.05) is 32.1 Å². The highest BCUT2D eigenvalue weighted by atomic mass is 16.3. The zero-order valence-electron chi connectivity index (χ0n) is 11.6. The summed E-state index contributed by atoms with van der Waals surface area (Å²) in [5, 5.41) is 28.4. The summed E-state index contributed by atoms with van der Waals surface area (Å²) in [5.41, 5.74) is 1.70. The molecule has 0 aliphatic rings. The van der Waals surface area contributed by atoms with Gasteiger partial charge in [0.05, 0.1) is 12.2 Å². The lowest BCUT2D eigenvalue weighted by Crippen LogP contribution is -2.15. The highest BCUT2D eigenvalue weighted by Gasteiger charge is 2.05. The Morgan fingerprint density at radius 2 is 2.10 bits per heavy atom. The zero-order chi connectivity index (χ0) is 14.5. The maximum Gasteiger partial charge on any atom is 0.160 e. The van der Waals surface area contributed by atoms with Crippen molar-refractivity contribution < 1.29 is 5.11 Å². The maximum atomic E-state index is 8.78. The van der Waals surface area contributed by atoms with Gasteiger partial charge in [-0.05, 0) is 18.6 Å². The van der Waals surface area contributed by atoms with Crippen LogP contribution in [0.15, 0.2) is 30.6 Å². The number of rotatable bonds is 7. The summed E-state index contributed by atoms with van der Waals surface area (Å²) in [7, 11) is 0. The third-order valence-electron chi connectivity index (χ3n) is 3.10. The van der Waals surface area contributed by atoms with Crippen LogP contribution in [0.3, 0.4) is 0 Å². The smallest absolute Gasteiger partial charge is 0.160 e. The minimum Gasteiger partial charge on any atom is -0.396 e. The standard InChI is InChI=1S/C13H17N7O/c21-7-3-5-19-10-11(15-18-19)8-14-9-13-17-16-12-4-1-2-6-20(12)13/h1-2,4,6,10,14,21H,3,5,7-9H2. The van der Waals surface area contributed by atoms with Crippen LogP contribution in [0, 0.1) is 0 Å². The molecule has 110 valence electrons. The molecule has 0 amide bonds. The lowest BCUT2D eigenvalue weighted by molar-refractivity contribution is 0.276. The topological polar surface area (TPSA) is 93.2 Å². The van der Waals surface area contributed by atoms with Crippen LogP contribution in [0.2, 0.25) is 0 Å². The molecule has 3 rings (SSSR count). The molecule has 0 saturated carbocycles. The molecule has 3 heterocycles. The van der Waals surface area contributed by atoms with Crippen molar-refractivity contribution in [1.29, 1.82) is 0 Å². The number of aliphatic hydroxyl groups excluding tert-OH is 1. The van der Waals surface area contributed by atoms with E-state index in [2.05, 4.69) is 25.8 Å². The van der Waals surface area contributed by atoms with Gasteiger partial charge in [0.15, 0.2) is 11.5 Å². The zero-order valence-corrected chi connectivity index (χ0v) is 11.6. The van der Waals surface area contributed by atoms with Crippen molar-refractivity contribution >= 4 is 5.65 Å². The summed E-state index contributed by atoms with van der Waals surface area (Å²) in [6.07, 6.45) is 4.50. The Balaban J connectivity index is 1.55. The number of aromatic nitrogens is 6. The SMILES string of the molecule is OCCCn1cc(CNCc2nnc3ccccn23)nn1. The Morgan fingerprint density at radius 3 is 3.00 bits per heavy atom. The second kappa shape index (κ2) is 6.42. The van der Waals surface area contributed by atoms with Crippen molar-refractivity contribution in [3.8, 4) is 0 Å². The van der Waals surface area contributed by atoms with Crippen molar-refractivity contribution in [2.45, 2.75) is 26.1 Å². The average molecular weight is 287 g/mol. The molecule has 8 heteroatoms. The Bertz CT molecular complexity index is 705. The minimum atomic E-state index is 0.160. The Labute approximate surface area is 121 Å². The number of fused-ring (bicyclic) bond motifs is 1. The fourth-order valence-electron chi connectivity index (χ4n) is 2.08. The molecule has 0 bridgehead atoms.